The summed E-state index contributed by atoms with van der Waals surface area (Å²) in [6.45, 7) is 0. The van der Waals surface area contributed by atoms with Gasteiger partial charge in [-0.05, 0) is 65.3 Å². The van der Waals surface area contributed by atoms with Gasteiger partial charge in [0.25, 0.3) is 0 Å². The zero-order valence-electron chi connectivity index (χ0n) is 11.7. The van der Waals surface area contributed by atoms with Gasteiger partial charge < -0.3 is 5.11 Å². The Balaban J connectivity index is 1.72. The molecule has 1 aliphatic rings. The second-order valence-corrected chi connectivity index (χ2v) is 7.71. The molecule has 1 aromatic carbocycles. The molecule has 2 aromatic rings. The summed E-state index contributed by atoms with van der Waals surface area (Å²) in [5.41, 5.74) is 1.89. The second-order valence-electron chi connectivity index (χ2n) is 5.61. The van der Waals surface area contributed by atoms with Crippen LogP contribution in [-0.4, -0.2) is 14.9 Å². The number of halogens is 2. The molecule has 0 aliphatic heterocycles. The van der Waals surface area contributed by atoms with Gasteiger partial charge in [0.05, 0.1) is 17.8 Å². The average Bonchev–Trinajstić information content (AvgIpc) is 3.11. The first-order chi connectivity index (χ1) is 10.1. The summed E-state index contributed by atoms with van der Waals surface area (Å²) in [5, 5.41) is 15.1. The van der Waals surface area contributed by atoms with Crippen LogP contribution in [0.2, 0.25) is 0 Å². The smallest absolute Gasteiger partial charge is 0.0857 e. The van der Waals surface area contributed by atoms with Crippen LogP contribution in [-0.2, 0) is 6.42 Å². The van der Waals surface area contributed by atoms with Crippen molar-refractivity contribution in [3.05, 3.63) is 49.8 Å². The van der Waals surface area contributed by atoms with Crippen LogP contribution in [0, 0.1) is 3.57 Å². The quantitative estimate of drug-likeness (QED) is 0.675. The molecule has 1 fully saturated rings. The molecule has 0 radical (unpaired) electrons. The molecule has 1 heterocycles. The molecule has 0 amide bonds. The first kappa shape index (κ1) is 15.5. The van der Waals surface area contributed by atoms with Crippen molar-refractivity contribution in [1.82, 2.24) is 9.78 Å². The van der Waals surface area contributed by atoms with E-state index in [9.17, 15) is 5.11 Å². The summed E-state index contributed by atoms with van der Waals surface area (Å²) < 4.78 is 4.16. The van der Waals surface area contributed by atoms with E-state index in [1.807, 2.05) is 24.3 Å². The summed E-state index contributed by atoms with van der Waals surface area (Å²) in [4.78, 5) is 0. The Morgan fingerprint density at radius 2 is 2.10 bits per heavy atom. The maximum absolute atomic E-state index is 10.5. The van der Waals surface area contributed by atoms with E-state index < -0.39 is 6.10 Å². The number of aliphatic hydroxyl groups is 1. The lowest BCUT2D eigenvalue weighted by Gasteiger charge is -2.13. The molecule has 1 unspecified atom stereocenters. The first-order valence-electron chi connectivity index (χ1n) is 7.30. The van der Waals surface area contributed by atoms with E-state index in [1.54, 1.807) is 0 Å². The standard InChI is InChI=1S/C16H18BrIN2O/c17-15-6-5-11(18)9-14(15)16(21)10-12-7-8-20(19-12)13-3-1-2-4-13/h5-9,13,16,21H,1-4,10H2. The zero-order valence-corrected chi connectivity index (χ0v) is 15.4. The molecule has 1 aliphatic carbocycles. The molecule has 1 saturated carbocycles. The van der Waals surface area contributed by atoms with E-state index in [-0.39, 0.29) is 0 Å². The number of hydrogen-bond donors (Lipinski definition) is 1. The second kappa shape index (κ2) is 6.79. The highest BCUT2D eigenvalue weighted by Crippen LogP contribution is 2.30. The maximum atomic E-state index is 10.5. The van der Waals surface area contributed by atoms with Crippen LogP contribution in [0.4, 0.5) is 0 Å². The van der Waals surface area contributed by atoms with Crippen LogP contribution in [0.1, 0.15) is 49.1 Å². The predicted octanol–water partition coefficient (Wildman–Crippen LogP) is 4.64. The van der Waals surface area contributed by atoms with Gasteiger partial charge in [-0.3, -0.25) is 4.68 Å². The molecule has 3 nitrogen and oxygen atoms in total. The van der Waals surface area contributed by atoms with Crippen LogP contribution in [0.5, 0.6) is 0 Å². The first-order valence-corrected chi connectivity index (χ1v) is 9.17. The third-order valence-corrected chi connectivity index (χ3v) is 5.48. The Hall–Kier alpha value is -0.400. The van der Waals surface area contributed by atoms with Crippen molar-refractivity contribution in [2.45, 2.75) is 44.2 Å². The van der Waals surface area contributed by atoms with Gasteiger partial charge in [0, 0.05) is 20.7 Å². The third-order valence-electron chi connectivity index (χ3n) is 4.08. The van der Waals surface area contributed by atoms with E-state index in [4.69, 9.17) is 0 Å². The van der Waals surface area contributed by atoms with Gasteiger partial charge in [-0.25, -0.2) is 0 Å². The molecule has 5 heteroatoms. The van der Waals surface area contributed by atoms with Crippen LogP contribution in [0.25, 0.3) is 0 Å². The number of aromatic nitrogens is 2. The highest BCUT2D eigenvalue weighted by atomic mass is 127. The third kappa shape index (κ3) is 3.68. The molecule has 3 rings (SSSR count). The van der Waals surface area contributed by atoms with E-state index >= 15 is 0 Å². The van der Waals surface area contributed by atoms with Crippen molar-refractivity contribution in [3.8, 4) is 0 Å². The maximum Gasteiger partial charge on any atom is 0.0857 e. The highest BCUT2D eigenvalue weighted by molar-refractivity contribution is 14.1. The normalized spacial score (nSPS) is 17.3. The zero-order chi connectivity index (χ0) is 14.8. The van der Waals surface area contributed by atoms with Gasteiger partial charge in [0.15, 0.2) is 0 Å². The van der Waals surface area contributed by atoms with Crippen molar-refractivity contribution in [1.29, 1.82) is 0 Å². The van der Waals surface area contributed by atoms with Crippen molar-refractivity contribution >= 4 is 38.5 Å². The molecule has 112 valence electrons. The Morgan fingerprint density at radius 3 is 2.86 bits per heavy atom. The largest absolute Gasteiger partial charge is 0.388 e. The molecule has 1 N–H and O–H groups in total. The summed E-state index contributed by atoms with van der Waals surface area (Å²) in [7, 11) is 0. The van der Waals surface area contributed by atoms with Crippen molar-refractivity contribution in [2.24, 2.45) is 0 Å². The summed E-state index contributed by atoms with van der Waals surface area (Å²) in [6.07, 6.45) is 7.15. The minimum atomic E-state index is -0.527. The van der Waals surface area contributed by atoms with E-state index in [0.29, 0.717) is 12.5 Å². The fourth-order valence-corrected chi connectivity index (χ4v) is 3.96. The van der Waals surface area contributed by atoms with Gasteiger partial charge in [0.2, 0.25) is 0 Å². The Kier molecular flexibility index (Phi) is 5.01. The molecular weight excluding hydrogens is 443 g/mol. The number of rotatable bonds is 4. The van der Waals surface area contributed by atoms with E-state index in [0.717, 1.165) is 19.3 Å². The molecule has 21 heavy (non-hydrogen) atoms. The van der Waals surface area contributed by atoms with E-state index in [2.05, 4.69) is 54.5 Å². The van der Waals surface area contributed by atoms with Crippen LogP contribution in [0.15, 0.2) is 34.9 Å². The number of benzene rings is 1. The van der Waals surface area contributed by atoms with Gasteiger partial charge in [0.1, 0.15) is 0 Å². The molecule has 0 saturated heterocycles. The van der Waals surface area contributed by atoms with Crippen LogP contribution in [0.3, 0.4) is 0 Å². The fourth-order valence-electron chi connectivity index (χ4n) is 2.94. The van der Waals surface area contributed by atoms with E-state index in [1.165, 1.54) is 25.7 Å². The van der Waals surface area contributed by atoms with Gasteiger partial charge in [-0.1, -0.05) is 28.8 Å². The minimum Gasteiger partial charge on any atom is -0.388 e. The van der Waals surface area contributed by atoms with Gasteiger partial charge >= 0.3 is 0 Å². The van der Waals surface area contributed by atoms with Gasteiger partial charge in [-0.15, -0.1) is 0 Å². The van der Waals surface area contributed by atoms with Gasteiger partial charge in [-0.2, -0.15) is 5.10 Å². The Morgan fingerprint density at radius 1 is 1.33 bits per heavy atom. The number of aliphatic hydroxyl groups excluding tert-OH is 1. The summed E-state index contributed by atoms with van der Waals surface area (Å²) >= 11 is 5.78. The topological polar surface area (TPSA) is 38.0 Å². The lowest BCUT2D eigenvalue weighted by Crippen LogP contribution is -2.08. The summed E-state index contributed by atoms with van der Waals surface area (Å²) in [5.74, 6) is 0. The molecule has 0 bridgehead atoms. The average molecular weight is 461 g/mol. The Labute approximate surface area is 147 Å². The van der Waals surface area contributed by atoms with Crippen LogP contribution >= 0.6 is 38.5 Å². The fraction of sp³-hybridized carbons (Fsp3) is 0.438. The highest BCUT2D eigenvalue weighted by Gasteiger charge is 2.19. The Bertz CT molecular complexity index is 622. The number of nitrogens with zero attached hydrogens (tertiary/aromatic N) is 2. The van der Waals surface area contributed by atoms with Crippen molar-refractivity contribution in [3.63, 3.8) is 0 Å². The van der Waals surface area contributed by atoms with Crippen molar-refractivity contribution < 1.29 is 5.11 Å². The lowest BCUT2D eigenvalue weighted by molar-refractivity contribution is 0.176. The lowest BCUT2D eigenvalue weighted by atomic mass is 10.1. The summed E-state index contributed by atoms with van der Waals surface area (Å²) in [6, 6.07) is 8.61. The van der Waals surface area contributed by atoms with Crippen molar-refractivity contribution in [2.75, 3.05) is 0 Å². The monoisotopic (exact) mass is 460 g/mol. The molecule has 0 spiro atoms. The predicted molar refractivity (Wildman–Crippen MR) is 95.3 cm³/mol. The molecule has 1 atom stereocenters. The van der Waals surface area contributed by atoms with Crippen LogP contribution < -0.4 is 0 Å². The minimum absolute atomic E-state index is 0.527. The SMILES string of the molecule is OC(Cc1ccn(C2CCCC2)n1)c1cc(I)ccc1Br. The number of hydrogen-bond acceptors (Lipinski definition) is 2. The molecular formula is C16H18BrIN2O. The molecule has 1 aromatic heterocycles.